The lowest BCUT2D eigenvalue weighted by atomic mass is 10.1. The second kappa shape index (κ2) is 8.14. The number of ether oxygens (including phenoxy) is 1. The number of aryl methyl sites for hydroxylation is 1. The van der Waals surface area contributed by atoms with E-state index in [1.54, 1.807) is 6.07 Å². The molecular formula is C23H21N3O3. The molecule has 146 valence electrons. The average Bonchev–Trinajstić information content (AvgIpc) is 2.73. The number of amides is 1. The number of para-hydroxylation sites is 1. The summed E-state index contributed by atoms with van der Waals surface area (Å²) >= 11 is 0. The molecular weight excluding hydrogens is 366 g/mol. The molecule has 4 rings (SSSR count). The van der Waals surface area contributed by atoms with Crippen LogP contribution in [0, 0.1) is 6.92 Å². The van der Waals surface area contributed by atoms with Gasteiger partial charge in [-0.1, -0.05) is 42.5 Å². The predicted octanol–water partition coefficient (Wildman–Crippen LogP) is 3.05. The Hall–Kier alpha value is -3.67. The highest BCUT2D eigenvalue weighted by atomic mass is 16.5. The fraction of sp³-hybridized carbons (Fsp3) is 0.174. The van der Waals surface area contributed by atoms with Crippen molar-refractivity contribution in [1.82, 2.24) is 14.9 Å². The van der Waals surface area contributed by atoms with Crippen LogP contribution in [0.3, 0.4) is 0 Å². The van der Waals surface area contributed by atoms with Crippen molar-refractivity contribution < 1.29 is 9.53 Å². The maximum absolute atomic E-state index is 12.6. The Morgan fingerprint density at radius 2 is 1.90 bits per heavy atom. The highest BCUT2D eigenvalue weighted by Crippen LogP contribution is 2.20. The summed E-state index contributed by atoms with van der Waals surface area (Å²) in [6, 6.07) is 19.4. The van der Waals surface area contributed by atoms with Gasteiger partial charge in [-0.25, -0.2) is 4.98 Å². The van der Waals surface area contributed by atoms with Crippen LogP contribution in [0.4, 0.5) is 0 Å². The van der Waals surface area contributed by atoms with Crippen molar-refractivity contribution in [3.05, 3.63) is 82.9 Å². The number of carbonyl (C=O) groups excluding carboxylic acids is 1. The number of fused-ring (bicyclic) bond motifs is 2. The number of rotatable bonds is 6. The van der Waals surface area contributed by atoms with Gasteiger partial charge in [0.05, 0.1) is 23.8 Å². The van der Waals surface area contributed by atoms with E-state index in [2.05, 4.69) is 10.3 Å². The Kier molecular flexibility index (Phi) is 5.24. The van der Waals surface area contributed by atoms with E-state index in [-0.39, 0.29) is 18.0 Å². The number of hydrogen-bond acceptors (Lipinski definition) is 4. The molecule has 6 heteroatoms. The number of benzene rings is 3. The lowest BCUT2D eigenvalue weighted by Gasteiger charge is -2.10. The molecule has 1 aromatic heterocycles. The third kappa shape index (κ3) is 4.11. The van der Waals surface area contributed by atoms with E-state index in [1.807, 2.05) is 61.5 Å². The summed E-state index contributed by atoms with van der Waals surface area (Å²) in [4.78, 5) is 29.1. The predicted molar refractivity (Wildman–Crippen MR) is 113 cm³/mol. The highest BCUT2D eigenvalue weighted by Gasteiger charge is 2.09. The van der Waals surface area contributed by atoms with Gasteiger partial charge in [0.1, 0.15) is 18.9 Å². The van der Waals surface area contributed by atoms with Crippen LogP contribution in [0.25, 0.3) is 21.7 Å². The fourth-order valence-corrected chi connectivity index (χ4v) is 3.28. The molecule has 0 bridgehead atoms. The molecule has 0 spiro atoms. The minimum absolute atomic E-state index is 0.0777. The number of nitrogens with zero attached hydrogens (tertiary/aromatic N) is 2. The van der Waals surface area contributed by atoms with E-state index >= 15 is 0 Å². The Morgan fingerprint density at radius 3 is 2.76 bits per heavy atom. The summed E-state index contributed by atoms with van der Waals surface area (Å²) < 4.78 is 7.03. The SMILES string of the molecule is Cc1cccc2c(=O)n(CC(=O)NCCOc3ccc4ccccc4c3)cnc12. The van der Waals surface area contributed by atoms with Crippen LogP contribution in [-0.4, -0.2) is 28.6 Å². The molecule has 1 amide bonds. The molecule has 0 aliphatic heterocycles. The van der Waals surface area contributed by atoms with E-state index in [4.69, 9.17) is 4.74 Å². The largest absolute Gasteiger partial charge is 0.492 e. The van der Waals surface area contributed by atoms with E-state index in [1.165, 1.54) is 10.9 Å². The molecule has 0 aliphatic carbocycles. The molecule has 1 heterocycles. The van der Waals surface area contributed by atoms with Crippen LogP contribution >= 0.6 is 0 Å². The van der Waals surface area contributed by atoms with Crippen molar-refractivity contribution >= 4 is 27.6 Å². The standard InChI is InChI=1S/C23H21N3O3/c1-16-5-4-8-20-22(16)25-15-26(23(20)28)14-21(27)24-11-12-29-19-10-9-17-6-2-3-7-18(17)13-19/h2-10,13,15H,11-12,14H2,1H3,(H,24,27). The number of hydrogen-bond donors (Lipinski definition) is 1. The fourth-order valence-electron chi connectivity index (χ4n) is 3.28. The first-order valence-electron chi connectivity index (χ1n) is 9.45. The Morgan fingerprint density at radius 1 is 1.07 bits per heavy atom. The van der Waals surface area contributed by atoms with Crippen molar-refractivity contribution in [2.45, 2.75) is 13.5 Å². The summed E-state index contributed by atoms with van der Waals surface area (Å²) in [7, 11) is 0. The van der Waals surface area contributed by atoms with Crippen LogP contribution in [-0.2, 0) is 11.3 Å². The second-order valence-corrected chi connectivity index (χ2v) is 6.86. The molecule has 3 aromatic carbocycles. The summed E-state index contributed by atoms with van der Waals surface area (Å²) in [5, 5.41) is 5.54. The molecule has 0 saturated heterocycles. The van der Waals surface area contributed by atoms with E-state index in [0.29, 0.717) is 24.1 Å². The zero-order chi connectivity index (χ0) is 20.2. The van der Waals surface area contributed by atoms with Gasteiger partial charge in [-0.3, -0.25) is 14.2 Å². The molecule has 0 atom stereocenters. The Balaban J connectivity index is 1.32. The van der Waals surface area contributed by atoms with E-state index in [0.717, 1.165) is 22.1 Å². The lowest BCUT2D eigenvalue weighted by molar-refractivity contribution is -0.121. The van der Waals surface area contributed by atoms with Gasteiger partial charge >= 0.3 is 0 Å². The molecule has 6 nitrogen and oxygen atoms in total. The van der Waals surface area contributed by atoms with Crippen LogP contribution < -0.4 is 15.6 Å². The molecule has 0 saturated carbocycles. The van der Waals surface area contributed by atoms with Crippen molar-refractivity contribution in [2.75, 3.05) is 13.2 Å². The van der Waals surface area contributed by atoms with Gasteiger partial charge in [0.15, 0.2) is 0 Å². The number of nitrogens with one attached hydrogen (secondary N) is 1. The quantitative estimate of drug-likeness (QED) is 0.516. The molecule has 1 N–H and O–H groups in total. The van der Waals surface area contributed by atoms with Gasteiger partial charge < -0.3 is 10.1 Å². The van der Waals surface area contributed by atoms with E-state index in [9.17, 15) is 9.59 Å². The lowest BCUT2D eigenvalue weighted by Crippen LogP contribution is -2.34. The van der Waals surface area contributed by atoms with Gasteiger partial charge in [-0.2, -0.15) is 0 Å². The minimum atomic E-state index is -0.261. The first-order chi connectivity index (χ1) is 14.1. The van der Waals surface area contributed by atoms with Gasteiger partial charge in [-0.15, -0.1) is 0 Å². The summed E-state index contributed by atoms with van der Waals surface area (Å²) in [6.07, 6.45) is 1.42. The van der Waals surface area contributed by atoms with Crippen molar-refractivity contribution in [2.24, 2.45) is 0 Å². The smallest absolute Gasteiger partial charge is 0.261 e. The second-order valence-electron chi connectivity index (χ2n) is 6.86. The van der Waals surface area contributed by atoms with Crippen molar-refractivity contribution in [3.8, 4) is 5.75 Å². The monoisotopic (exact) mass is 387 g/mol. The summed E-state index contributed by atoms with van der Waals surface area (Å²) in [5.74, 6) is 0.492. The molecule has 29 heavy (non-hydrogen) atoms. The van der Waals surface area contributed by atoms with Gasteiger partial charge in [0.2, 0.25) is 5.91 Å². The van der Waals surface area contributed by atoms with Gasteiger partial charge in [0, 0.05) is 0 Å². The number of aromatic nitrogens is 2. The van der Waals surface area contributed by atoms with Crippen LogP contribution in [0.15, 0.2) is 71.8 Å². The van der Waals surface area contributed by atoms with Gasteiger partial charge in [0.25, 0.3) is 5.56 Å². The Labute approximate surface area is 167 Å². The third-order valence-corrected chi connectivity index (χ3v) is 4.78. The topological polar surface area (TPSA) is 73.2 Å². The normalized spacial score (nSPS) is 10.9. The van der Waals surface area contributed by atoms with Crippen molar-refractivity contribution in [1.29, 1.82) is 0 Å². The highest BCUT2D eigenvalue weighted by molar-refractivity contribution is 5.84. The van der Waals surface area contributed by atoms with Crippen LogP contribution in [0.5, 0.6) is 5.75 Å². The molecule has 4 aromatic rings. The zero-order valence-electron chi connectivity index (χ0n) is 16.1. The minimum Gasteiger partial charge on any atom is -0.492 e. The maximum atomic E-state index is 12.6. The van der Waals surface area contributed by atoms with Crippen LogP contribution in [0.1, 0.15) is 5.56 Å². The average molecular weight is 387 g/mol. The molecule has 0 aliphatic rings. The first kappa shape index (κ1) is 18.7. The van der Waals surface area contributed by atoms with Gasteiger partial charge in [-0.05, 0) is 41.5 Å². The van der Waals surface area contributed by atoms with Crippen LogP contribution in [0.2, 0.25) is 0 Å². The van der Waals surface area contributed by atoms with Crippen molar-refractivity contribution in [3.63, 3.8) is 0 Å². The third-order valence-electron chi connectivity index (χ3n) is 4.78. The first-order valence-corrected chi connectivity index (χ1v) is 9.45. The summed E-state index contributed by atoms with van der Waals surface area (Å²) in [5.41, 5.74) is 1.38. The molecule has 0 radical (unpaired) electrons. The molecule has 0 fully saturated rings. The number of carbonyl (C=O) groups is 1. The molecule has 0 unspecified atom stereocenters. The maximum Gasteiger partial charge on any atom is 0.261 e. The van der Waals surface area contributed by atoms with E-state index < -0.39 is 0 Å². The zero-order valence-corrected chi connectivity index (χ0v) is 16.1. The Bertz CT molecular complexity index is 1250. The summed E-state index contributed by atoms with van der Waals surface area (Å²) in [6.45, 7) is 2.52.